The lowest BCUT2D eigenvalue weighted by Gasteiger charge is -2.37. The largest absolute Gasteiger partial charge is 0.478 e. The first kappa shape index (κ1) is 14.5. The number of carboxylic acids is 1. The average Bonchev–Trinajstić information content (AvgIpc) is 2.37. The molecule has 4 N–H and O–H groups in total. The van der Waals surface area contributed by atoms with Gasteiger partial charge < -0.3 is 16.2 Å². The predicted molar refractivity (Wildman–Crippen MR) is 75.5 cm³/mol. The van der Waals surface area contributed by atoms with E-state index in [1.54, 1.807) is 24.3 Å². The SMILES string of the molecule is NC1(CC(=O)NCCc2ccc(C(=O)O)cc2)CCC1. The molecule has 0 spiro atoms. The van der Waals surface area contributed by atoms with Crippen LogP contribution < -0.4 is 11.1 Å². The number of carbonyl (C=O) groups is 2. The van der Waals surface area contributed by atoms with Gasteiger partial charge in [-0.25, -0.2) is 4.79 Å². The van der Waals surface area contributed by atoms with Crippen molar-refractivity contribution >= 4 is 11.9 Å². The molecule has 0 unspecified atom stereocenters. The van der Waals surface area contributed by atoms with E-state index in [0.717, 1.165) is 24.8 Å². The maximum absolute atomic E-state index is 11.7. The quantitative estimate of drug-likeness (QED) is 0.730. The lowest BCUT2D eigenvalue weighted by atomic mass is 9.75. The minimum Gasteiger partial charge on any atom is -0.478 e. The zero-order chi connectivity index (χ0) is 14.6. The average molecular weight is 276 g/mol. The van der Waals surface area contributed by atoms with E-state index < -0.39 is 5.97 Å². The van der Waals surface area contributed by atoms with E-state index in [4.69, 9.17) is 10.8 Å². The Kier molecular flexibility index (Phi) is 4.39. The Morgan fingerprint density at radius 2 is 1.90 bits per heavy atom. The van der Waals surface area contributed by atoms with Crippen LogP contribution in [0.2, 0.25) is 0 Å². The van der Waals surface area contributed by atoms with E-state index in [1.807, 2.05) is 0 Å². The smallest absolute Gasteiger partial charge is 0.335 e. The Labute approximate surface area is 118 Å². The van der Waals surface area contributed by atoms with E-state index in [9.17, 15) is 9.59 Å². The molecular weight excluding hydrogens is 256 g/mol. The number of hydrogen-bond acceptors (Lipinski definition) is 3. The third-order valence-corrected chi connectivity index (χ3v) is 3.80. The highest BCUT2D eigenvalue weighted by Gasteiger charge is 2.34. The number of benzene rings is 1. The molecule has 0 saturated heterocycles. The number of aromatic carboxylic acids is 1. The van der Waals surface area contributed by atoms with Crippen LogP contribution in [0, 0.1) is 0 Å². The Morgan fingerprint density at radius 1 is 1.25 bits per heavy atom. The molecule has 0 aromatic heterocycles. The first-order valence-electron chi connectivity index (χ1n) is 6.86. The fourth-order valence-corrected chi connectivity index (χ4v) is 2.35. The molecule has 1 aromatic rings. The second kappa shape index (κ2) is 6.05. The molecule has 1 fully saturated rings. The van der Waals surface area contributed by atoms with Crippen LogP contribution in [-0.4, -0.2) is 29.1 Å². The van der Waals surface area contributed by atoms with Gasteiger partial charge in [-0.3, -0.25) is 4.79 Å². The van der Waals surface area contributed by atoms with Crippen molar-refractivity contribution in [2.75, 3.05) is 6.54 Å². The summed E-state index contributed by atoms with van der Waals surface area (Å²) in [6.07, 6.45) is 4.04. The summed E-state index contributed by atoms with van der Waals surface area (Å²) < 4.78 is 0. The van der Waals surface area contributed by atoms with Crippen molar-refractivity contribution in [2.24, 2.45) is 5.73 Å². The van der Waals surface area contributed by atoms with E-state index in [1.165, 1.54) is 0 Å². The molecule has 0 bridgehead atoms. The van der Waals surface area contributed by atoms with Crippen LogP contribution in [0.1, 0.15) is 41.6 Å². The Hall–Kier alpha value is -1.88. The zero-order valence-corrected chi connectivity index (χ0v) is 11.4. The van der Waals surface area contributed by atoms with Crippen LogP contribution in [0.4, 0.5) is 0 Å². The summed E-state index contributed by atoms with van der Waals surface area (Å²) in [6.45, 7) is 0.543. The molecule has 5 nitrogen and oxygen atoms in total. The molecule has 1 amide bonds. The first-order chi connectivity index (χ1) is 9.48. The van der Waals surface area contributed by atoms with Gasteiger partial charge in [0.25, 0.3) is 0 Å². The van der Waals surface area contributed by atoms with Crippen molar-refractivity contribution < 1.29 is 14.7 Å². The second-order valence-corrected chi connectivity index (χ2v) is 5.49. The number of rotatable bonds is 6. The highest BCUT2D eigenvalue weighted by Crippen LogP contribution is 2.31. The zero-order valence-electron chi connectivity index (χ0n) is 11.4. The van der Waals surface area contributed by atoms with E-state index in [0.29, 0.717) is 19.4 Å². The van der Waals surface area contributed by atoms with Gasteiger partial charge in [-0.15, -0.1) is 0 Å². The summed E-state index contributed by atoms with van der Waals surface area (Å²) >= 11 is 0. The van der Waals surface area contributed by atoms with Gasteiger partial charge in [0.05, 0.1) is 5.56 Å². The van der Waals surface area contributed by atoms with Crippen LogP contribution in [0.3, 0.4) is 0 Å². The molecule has 5 heteroatoms. The van der Waals surface area contributed by atoms with Gasteiger partial charge >= 0.3 is 5.97 Å². The Balaban J connectivity index is 1.72. The van der Waals surface area contributed by atoms with Crippen molar-refractivity contribution in [1.29, 1.82) is 0 Å². The molecular formula is C15H20N2O3. The van der Waals surface area contributed by atoms with Crippen LogP contribution in [-0.2, 0) is 11.2 Å². The van der Waals surface area contributed by atoms with Crippen molar-refractivity contribution in [3.63, 3.8) is 0 Å². The maximum atomic E-state index is 11.7. The molecule has 108 valence electrons. The molecule has 1 aliphatic carbocycles. The standard InChI is InChI=1S/C15H20N2O3/c16-15(7-1-8-15)10-13(18)17-9-6-11-2-4-12(5-3-11)14(19)20/h2-5H,1,6-10,16H2,(H,17,18)(H,19,20). The Bertz CT molecular complexity index is 492. The minimum atomic E-state index is -0.932. The monoisotopic (exact) mass is 276 g/mol. The normalized spacial score (nSPS) is 16.2. The van der Waals surface area contributed by atoms with Gasteiger partial charge in [-0.2, -0.15) is 0 Å². The van der Waals surface area contributed by atoms with Crippen LogP contribution in [0.15, 0.2) is 24.3 Å². The van der Waals surface area contributed by atoms with Gasteiger partial charge in [0, 0.05) is 18.5 Å². The number of carbonyl (C=O) groups excluding carboxylic acids is 1. The Morgan fingerprint density at radius 3 is 2.40 bits per heavy atom. The van der Waals surface area contributed by atoms with Gasteiger partial charge in [-0.05, 0) is 43.4 Å². The van der Waals surface area contributed by atoms with Gasteiger partial charge in [0.15, 0.2) is 0 Å². The van der Waals surface area contributed by atoms with E-state index in [-0.39, 0.29) is 17.0 Å². The molecule has 1 aliphatic rings. The summed E-state index contributed by atoms with van der Waals surface area (Å²) in [5.74, 6) is -0.937. The number of amides is 1. The highest BCUT2D eigenvalue weighted by molar-refractivity contribution is 5.87. The molecule has 0 atom stereocenters. The van der Waals surface area contributed by atoms with Crippen molar-refractivity contribution in [3.05, 3.63) is 35.4 Å². The summed E-state index contributed by atoms with van der Waals surface area (Å²) in [6, 6.07) is 6.68. The van der Waals surface area contributed by atoms with Crippen molar-refractivity contribution in [3.8, 4) is 0 Å². The minimum absolute atomic E-state index is 0.00523. The van der Waals surface area contributed by atoms with Crippen LogP contribution >= 0.6 is 0 Å². The summed E-state index contributed by atoms with van der Waals surface area (Å²) in [4.78, 5) is 22.4. The van der Waals surface area contributed by atoms with Crippen LogP contribution in [0.25, 0.3) is 0 Å². The lowest BCUT2D eigenvalue weighted by Crippen LogP contribution is -2.50. The van der Waals surface area contributed by atoms with Gasteiger partial charge in [0.2, 0.25) is 5.91 Å². The fourth-order valence-electron chi connectivity index (χ4n) is 2.35. The summed E-state index contributed by atoms with van der Waals surface area (Å²) in [5.41, 5.74) is 7.00. The van der Waals surface area contributed by atoms with Gasteiger partial charge in [-0.1, -0.05) is 12.1 Å². The number of nitrogens with one attached hydrogen (secondary N) is 1. The van der Waals surface area contributed by atoms with Crippen molar-refractivity contribution in [2.45, 2.75) is 37.6 Å². The molecule has 1 aromatic carbocycles. The van der Waals surface area contributed by atoms with E-state index in [2.05, 4.69) is 5.32 Å². The van der Waals surface area contributed by atoms with E-state index >= 15 is 0 Å². The van der Waals surface area contributed by atoms with Gasteiger partial charge in [0.1, 0.15) is 0 Å². The van der Waals surface area contributed by atoms with Crippen LogP contribution in [0.5, 0.6) is 0 Å². The molecule has 1 saturated carbocycles. The third-order valence-electron chi connectivity index (χ3n) is 3.80. The fraction of sp³-hybridized carbons (Fsp3) is 0.467. The molecule has 0 heterocycles. The number of carboxylic acid groups (broad SMARTS) is 1. The summed E-state index contributed by atoms with van der Waals surface area (Å²) in [5, 5.41) is 11.7. The first-order valence-corrected chi connectivity index (χ1v) is 6.86. The molecule has 20 heavy (non-hydrogen) atoms. The summed E-state index contributed by atoms with van der Waals surface area (Å²) in [7, 11) is 0. The molecule has 0 aliphatic heterocycles. The second-order valence-electron chi connectivity index (χ2n) is 5.49. The van der Waals surface area contributed by atoms with Crippen molar-refractivity contribution in [1.82, 2.24) is 5.32 Å². The maximum Gasteiger partial charge on any atom is 0.335 e. The lowest BCUT2D eigenvalue weighted by molar-refractivity contribution is -0.122. The third kappa shape index (κ3) is 3.81. The highest BCUT2D eigenvalue weighted by atomic mass is 16.4. The number of nitrogens with two attached hydrogens (primary N) is 1. The molecule has 2 rings (SSSR count). The topological polar surface area (TPSA) is 92.4 Å². The predicted octanol–water partition coefficient (Wildman–Crippen LogP) is 1.31. The number of hydrogen-bond donors (Lipinski definition) is 3. The molecule has 0 radical (unpaired) electrons.